The number of morpholine rings is 1. The van der Waals surface area contributed by atoms with Gasteiger partial charge in [-0.3, -0.25) is 14.5 Å². The van der Waals surface area contributed by atoms with E-state index in [0.29, 0.717) is 32.8 Å². The highest BCUT2D eigenvalue weighted by molar-refractivity contribution is 5.81. The number of piperazine rings is 1. The Labute approximate surface area is 126 Å². The van der Waals surface area contributed by atoms with Gasteiger partial charge in [0.1, 0.15) is 6.10 Å². The highest BCUT2D eigenvalue weighted by Gasteiger charge is 2.29. The van der Waals surface area contributed by atoms with Gasteiger partial charge in [-0.1, -0.05) is 6.92 Å². The Kier molecular flexibility index (Phi) is 6.41. The van der Waals surface area contributed by atoms with Gasteiger partial charge >= 0.3 is 0 Å². The number of ether oxygens (including phenoxy) is 1. The summed E-state index contributed by atoms with van der Waals surface area (Å²) >= 11 is 0. The van der Waals surface area contributed by atoms with Gasteiger partial charge in [-0.05, 0) is 6.42 Å². The maximum Gasteiger partial charge on any atom is 0.253 e. The number of hydrogen-bond donors (Lipinski definition) is 2. The second-order valence-electron chi connectivity index (χ2n) is 5.51. The standard InChI is InChI=1S/C14H26N4O3/c1-2-3-16-13(19)11-17-5-7-18(8-6-17)14(20)12-10-15-4-9-21-12/h12,15H,2-11H2,1H3,(H,16,19). The topological polar surface area (TPSA) is 73.9 Å². The van der Waals surface area contributed by atoms with Gasteiger partial charge in [-0.15, -0.1) is 0 Å². The van der Waals surface area contributed by atoms with Gasteiger partial charge < -0.3 is 20.3 Å². The molecule has 0 radical (unpaired) electrons. The SMILES string of the molecule is CCCNC(=O)CN1CCN(C(=O)C2CNCCO2)CC1. The van der Waals surface area contributed by atoms with Crippen LogP contribution in [0.3, 0.4) is 0 Å². The van der Waals surface area contributed by atoms with E-state index in [1.165, 1.54) is 0 Å². The van der Waals surface area contributed by atoms with Crippen molar-refractivity contribution in [3.63, 3.8) is 0 Å². The zero-order valence-corrected chi connectivity index (χ0v) is 12.8. The van der Waals surface area contributed by atoms with E-state index in [2.05, 4.69) is 15.5 Å². The minimum atomic E-state index is -0.349. The third kappa shape index (κ3) is 4.94. The fraction of sp³-hybridized carbons (Fsp3) is 0.857. The van der Waals surface area contributed by atoms with Gasteiger partial charge in [0.05, 0.1) is 13.2 Å². The van der Waals surface area contributed by atoms with Crippen molar-refractivity contribution in [2.45, 2.75) is 19.4 Å². The number of amides is 2. The number of carbonyl (C=O) groups is 2. The molecule has 2 aliphatic rings. The Hall–Kier alpha value is -1.18. The predicted molar refractivity (Wildman–Crippen MR) is 78.9 cm³/mol. The van der Waals surface area contributed by atoms with Crippen LogP contribution in [0.5, 0.6) is 0 Å². The van der Waals surface area contributed by atoms with Crippen molar-refractivity contribution < 1.29 is 14.3 Å². The van der Waals surface area contributed by atoms with Crippen molar-refractivity contribution in [1.82, 2.24) is 20.4 Å². The summed E-state index contributed by atoms with van der Waals surface area (Å²) in [5.41, 5.74) is 0. The summed E-state index contributed by atoms with van der Waals surface area (Å²) in [7, 11) is 0. The van der Waals surface area contributed by atoms with E-state index in [0.717, 1.165) is 32.6 Å². The van der Waals surface area contributed by atoms with Crippen LogP contribution in [-0.4, -0.2) is 86.7 Å². The molecule has 21 heavy (non-hydrogen) atoms. The first-order chi connectivity index (χ1) is 10.2. The summed E-state index contributed by atoms with van der Waals surface area (Å²) in [5, 5.41) is 6.05. The number of hydrogen-bond acceptors (Lipinski definition) is 5. The lowest BCUT2D eigenvalue weighted by atomic mass is 10.2. The molecule has 0 bridgehead atoms. The molecule has 2 amide bonds. The first-order valence-corrected chi connectivity index (χ1v) is 7.81. The van der Waals surface area contributed by atoms with Gasteiger partial charge in [0, 0.05) is 45.8 Å². The smallest absolute Gasteiger partial charge is 0.253 e. The molecule has 120 valence electrons. The number of rotatable bonds is 5. The van der Waals surface area contributed by atoms with Gasteiger partial charge in [-0.2, -0.15) is 0 Å². The summed E-state index contributed by atoms with van der Waals surface area (Å²) < 4.78 is 5.50. The van der Waals surface area contributed by atoms with Crippen molar-refractivity contribution in [2.75, 3.05) is 59.0 Å². The molecule has 2 aliphatic heterocycles. The molecule has 1 unspecified atom stereocenters. The van der Waals surface area contributed by atoms with E-state index in [4.69, 9.17) is 4.74 Å². The molecule has 0 aromatic carbocycles. The molecule has 2 saturated heterocycles. The van der Waals surface area contributed by atoms with E-state index in [1.54, 1.807) is 0 Å². The maximum absolute atomic E-state index is 12.3. The molecule has 2 rings (SSSR count). The zero-order chi connectivity index (χ0) is 15.1. The Morgan fingerprint density at radius 3 is 2.67 bits per heavy atom. The highest BCUT2D eigenvalue weighted by atomic mass is 16.5. The third-order valence-corrected chi connectivity index (χ3v) is 3.83. The minimum absolute atomic E-state index is 0.0661. The molecule has 2 fully saturated rings. The fourth-order valence-corrected chi connectivity index (χ4v) is 2.58. The van der Waals surface area contributed by atoms with E-state index < -0.39 is 0 Å². The average molecular weight is 298 g/mol. The number of carbonyl (C=O) groups excluding carboxylic acids is 2. The molecule has 0 aromatic rings. The van der Waals surface area contributed by atoms with E-state index >= 15 is 0 Å². The second-order valence-corrected chi connectivity index (χ2v) is 5.51. The molecule has 0 aromatic heterocycles. The summed E-state index contributed by atoms with van der Waals surface area (Å²) in [5.74, 6) is 0.133. The first-order valence-electron chi connectivity index (χ1n) is 7.81. The van der Waals surface area contributed by atoms with Gasteiger partial charge in [-0.25, -0.2) is 0 Å². The average Bonchev–Trinajstić information content (AvgIpc) is 2.54. The summed E-state index contributed by atoms with van der Waals surface area (Å²) in [6, 6.07) is 0. The largest absolute Gasteiger partial charge is 0.366 e. The maximum atomic E-state index is 12.3. The molecular formula is C14H26N4O3. The Morgan fingerprint density at radius 2 is 2.05 bits per heavy atom. The van der Waals surface area contributed by atoms with Crippen LogP contribution in [0.4, 0.5) is 0 Å². The summed E-state index contributed by atoms with van der Waals surface area (Å²) in [6.07, 6.45) is 0.599. The van der Waals surface area contributed by atoms with Gasteiger partial charge in [0.2, 0.25) is 5.91 Å². The van der Waals surface area contributed by atoms with Crippen molar-refractivity contribution in [2.24, 2.45) is 0 Å². The van der Waals surface area contributed by atoms with Crippen LogP contribution in [-0.2, 0) is 14.3 Å². The highest BCUT2D eigenvalue weighted by Crippen LogP contribution is 2.07. The first kappa shape index (κ1) is 16.2. The van der Waals surface area contributed by atoms with Crippen LogP contribution < -0.4 is 10.6 Å². The molecule has 2 N–H and O–H groups in total. The number of nitrogens with one attached hydrogen (secondary N) is 2. The monoisotopic (exact) mass is 298 g/mol. The zero-order valence-electron chi connectivity index (χ0n) is 12.8. The molecular weight excluding hydrogens is 272 g/mol. The lowest BCUT2D eigenvalue weighted by molar-refractivity contribution is -0.147. The Morgan fingerprint density at radius 1 is 1.29 bits per heavy atom. The summed E-state index contributed by atoms with van der Waals surface area (Å²) in [4.78, 5) is 27.9. The van der Waals surface area contributed by atoms with Crippen LogP contribution in [0.2, 0.25) is 0 Å². The molecule has 7 nitrogen and oxygen atoms in total. The van der Waals surface area contributed by atoms with Crippen molar-refractivity contribution in [3.8, 4) is 0 Å². The van der Waals surface area contributed by atoms with Crippen LogP contribution in [0, 0.1) is 0 Å². The molecule has 7 heteroatoms. The Bertz CT molecular complexity index is 350. The third-order valence-electron chi connectivity index (χ3n) is 3.83. The van der Waals surface area contributed by atoms with Crippen LogP contribution in [0.15, 0.2) is 0 Å². The van der Waals surface area contributed by atoms with E-state index in [-0.39, 0.29) is 17.9 Å². The van der Waals surface area contributed by atoms with Crippen molar-refractivity contribution in [3.05, 3.63) is 0 Å². The van der Waals surface area contributed by atoms with Gasteiger partial charge in [0.15, 0.2) is 0 Å². The number of nitrogens with zero attached hydrogens (tertiary/aromatic N) is 2. The minimum Gasteiger partial charge on any atom is -0.366 e. The normalized spacial score (nSPS) is 23.9. The van der Waals surface area contributed by atoms with E-state index in [1.807, 2.05) is 11.8 Å². The lowest BCUT2D eigenvalue weighted by Gasteiger charge is -2.36. The van der Waals surface area contributed by atoms with Crippen LogP contribution in [0.25, 0.3) is 0 Å². The summed E-state index contributed by atoms with van der Waals surface area (Å²) in [6.45, 7) is 7.99. The quantitative estimate of drug-likeness (QED) is 0.656. The van der Waals surface area contributed by atoms with Gasteiger partial charge in [0.25, 0.3) is 5.91 Å². The molecule has 2 heterocycles. The predicted octanol–water partition coefficient (Wildman–Crippen LogP) is -1.35. The van der Waals surface area contributed by atoms with Crippen LogP contribution >= 0.6 is 0 Å². The lowest BCUT2D eigenvalue weighted by Crippen LogP contribution is -2.56. The van der Waals surface area contributed by atoms with Crippen LogP contribution in [0.1, 0.15) is 13.3 Å². The Balaban J connectivity index is 1.70. The molecule has 0 spiro atoms. The van der Waals surface area contributed by atoms with Crippen molar-refractivity contribution >= 4 is 11.8 Å². The molecule has 0 saturated carbocycles. The van der Waals surface area contributed by atoms with E-state index in [9.17, 15) is 9.59 Å². The van der Waals surface area contributed by atoms with Crippen molar-refractivity contribution in [1.29, 1.82) is 0 Å². The molecule has 0 aliphatic carbocycles. The fourth-order valence-electron chi connectivity index (χ4n) is 2.58. The molecule has 1 atom stereocenters. The second kappa shape index (κ2) is 8.31.